The number of benzene rings is 2. The Kier molecular flexibility index (Phi) is 8.26. The van der Waals surface area contributed by atoms with Gasteiger partial charge in [-0.15, -0.1) is 0 Å². The Morgan fingerprint density at radius 2 is 1.61 bits per heavy atom. The summed E-state index contributed by atoms with van der Waals surface area (Å²) in [6.45, 7) is 6.19. The fraction of sp³-hybridized carbons (Fsp3) is 0.414. The fourth-order valence-electron chi connectivity index (χ4n) is 5.10. The standard InChI is InChI=1S/C29H35FN4O3S/c1-22-2-8-26(9-3-22)34-18-14-27(15-19-34)37-29-11-10-28(20-31-29)38(35,36)32-25-12-16-33(17-13-25)21-23-4-6-24(30)7-5-23/h2-11,20,25,27,32H,12-19,21H2,1H3. The second-order valence-corrected chi connectivity index (χ2v) is 12.0. The first-order valence-electron chi connectivity index (χ1n) is 13.3. The number of hydrogen-bond donors (Lipinski definition) is 1. The lowest BCUT2D eigenvalue weighted by atomic mass is 10.1. The van der Waals surface area contributed by atoms with Crippen LogP contribution in [0.3, 0.4) is 0 Å². The average Bonchev–Trinajstić information content (AvgIpc) is 2.92. The number of nitrogens with zero attached hydrogens (tertiary/aromatic N) is 3. The molecule has 0 saturated carbocycles. The molecule has 0 bridgehead atoms. The van der Waals surface area contributed by atoms with E-state index in [1.165, 1.54) is 29.6 Å². The highest BCUT2D eigenvalue weighted by atomic mass is 32.2. The molecular weight excluding hydrogens is 503 g/mol. The third-order valence-electron chi connectivity index (χ3n) is 7.38. The van der Waals surface area contributed by atoms with Crippen LogP contribution in [0.5, 0.6) is 5.88 Å². The number of ether oxygens (including phenoxy) is 1. The van der Waals surface area contributed by atoms with E-state index in [-0.39, 0.29) is 22.9 Å². The largest absolute Gasteiger partial charge is 0.474 e. The molecule has 3 aromatic rings. The first kappa shape index (κ1) is 26.6. The van der Waals surface area contributed by atoms with Gasteiger partial charge < -0.3 is 9.64 Å². The van der Waals surface area contributed by atoms with Crippen molar-refractivity contribution in [3.05, 3.63) is 83.8 Å². The first-order valence-corrected chi connectivity index (χ1v) is 14.8. The predicted octanol–water partition coefficient (Wildman–Crippen LogP) is 4.52. The Morgan fingerprint density at radius 3 is 2.24 bits per heavy atom. The zero-order chi connectivity index (χ0) is 26.5. The SMILES string of the molecule is Cc1ccc(N2CCC(Oc3ccc(S(=O)(=O)NC4CCN(Cc5ccc(F)cc5)CC4)cn3)CC2)cc1. The number of sulfonamides is 1. The molecule has 2 aromatic carbocycles. The molecule has 7 nitrogen and oxygen atoms in total. The molecule has 0 amide bonds. The van der Waals surface area contributed by atoms with Gasteiger partial charge in [-0.3, -0.25) is 4.90 Å². The van der Waals surface area contributed by atoms with Gasteiger partial charge in [0.15, 0.2) is 0 Å². The van der Waals surface area contributed by atoms with Gasteiger partial charge >= 0.3 is 0 Å². The quantitative estimate of drug-likeness (QED) is 0.455. The van der Waals surface area contributed by atoms with Crippen molar-refractivity contribution >= 4 is 15.7 Å². The third kappa shape index (κ3) is 6.89. The van der Waals surface area contributed by atoms with Gasteiger partial charge in [-0.2, -0.15) is 0 Å². The summed E-state index contributed by atoms with van der Waals surface area (Å²) < 4.78 is 47.9. The summed E-state index contributed by atoms with van der Waals surface area (Å²) in [5.74, 6) is 0.210. The minimum Gasteiger partial charge on any atom is -0.474 e. The van der Waals surface area contributed by atoms with Crippen LogP contribution >= 0.6 is 0 Å². The molecular formula is C29H35FN4O3S. The lowest BCUT2D eigenvalue weighted by Crippen LogP contribution is -2.44. The number of likely N-dealkylation sites (tertiary alicyclic amines) is 1. The van der Waals surface area contributed by atoms with Crippen molar-refractivity contribution in [1.29, 1.82) is 0 Å². The van der Waals surface area contributed by atoms with Crippen LogP contribution in [0.2, 0.25) is 0 Å². The van der Waals surface area contributed by atoms with Crippen molar-refractivity contribution in [2.75, 3.05) is 31.1 Å². The Morgan fingerprint density at radius 1 is 0.921 bits per heavy atom. The monoisotopic (exact) mass is 538 g/mol. The van der Waals surface area contributed by atoms with E-state index in [4.69, 9.17) is 4.74 Å². The maximum absolute atomic E-state index is 13.1. The summed E-state index contributed by atoms with van der Waals surface area (Å²) in [5.41, 5.74) is 3.53. The van der Waals surface area contributed by atoms with Crippen molar-refractivity contribution in [2.45, 2.75) is 56.2 Å². The summed E-state index contributed by atoms with van der Waals surface area (Å²) in [4.78, 5) is 9.06. The van der Waals surface area contributed by atoms with Crippen LogP contribution in [0.15, 0.2) is 71.8 Å². The number of aryl methyl sites for hydroxylation is 1. The van der Waals surface area contributed by atoms with E-state index in [0.717, 1.165) is 64.0 Å². The van der Waals surface area contributed by atoms with Gasteiger partial charge in [0.1, 0.15) is 16.8 Å². The first-order chi connectivity index (χ1) is 18.3. The number of rotatable bonds is 8. The minimum absolute atomic E-state index is 0.0601. The lowest BCUT2D eigenvalue weighted by Gasteiger charge is -2.33. The van der Waals surface area contributed by atoms with Crippen LogP contribution in [0, 0.1) is 12.7 Å². The molecule has 0 atom stereocenters. The van der Waals surface area contributed by atoms with Crippen LogP contribution in [-0.2, 0) is 16.6 Å². The van der Waals surface area contributed by atoms with Gasteiger partial charge in [-0.05, 0) is 55.7 Å². The molecule has 1 aromatic heterocycles. The number of hydrogen-bond acceptors (Lipinski definition) is 6. The molecule has 1 N–H and O–H groups in total. The molecule has 3 heterocycles. The van der Waals surface area contributed by atoms with E-state index in [0.29, 0.717) is 5.88 Å². The number of nitrogens with one attached hydrogen (secondary N) is 1. The van der Waals surface area contributed by atoms with Crippen LogP contribution in [0.1, 0.15) is 36.8 Å². The zero-order valence-corrected chi connectivity index (χ0v) is 22.5. The van der Waals surface area contributed by atoms with Crippen molar-refractivity contribution in [3.63, 3.8) is 0 Å². The van der Waals surface area contributed by atoms with Crippen LogP contribution in [0.4, 0.5) is 10.1 Å². The van der Waals surface area contributed by atoms with Crippen LogP contribution in [0.25, 0.3) is 0 Å². The predicted molar refractivity (Wildman–Crippen MR) is 146 cm³/mol. The summed E-state index contributed by atoms with van der Waals surface area (Å²) >= 11 is 0. The second-order valence-electron chi connectivity index (χ2n) is 10.3. The molecule has 2 saturated heterocycles. The van der Waals surface area contributed by atoms with Gasteiger partial charge in [0.2, 0.25) is 15.9 Å². The summed E-state index contributed by atoms with van der Waals surface area (Å²) in [6.07, 6.45) is 4.65. The summed E-state index contributed by atoms with van der Waals surface area (Å²) in [7, 11) is -3.67. The maximum Gasteiger partial charge on any atom is 0.242 e. The van der Waals surface area contributed by atoms with Crippen molar-refractivity contribution in [3.8, 4) is 5.88 Å². The molecule has 38 heavy (non-hydrogen) atoms. The normalized spacial score (nSPS) is 18.0. The smallest absolute Gasteiger partial charge is 0.242 e. The number of halogens is 1. The molecule has 2 aliphatic rings. The van der Waals surface area contributed by atoms with E-state index < -0.39 is 10.0 Å². The van der Waals surface area contributed by atoms with E-state index in [2.05, 4.69) is 50.7 Å². The van der Waals surface area contributed by atoms with Gasteiger partial charge in [0, 0.05) is 63.4 Å². The molecule has 2 aliphatic heterocycles. The maximum atomic E-state index is 13.1. The highest BCUT2D eigenvalue weighted by Gasteiger charge is 2.26. The second kappa shape index (κ2) is 11.8. The van der Waals surface area contributed by atoms with E-state index >= 15 is 0 Å². The Balaban J connectivity index is 1.08. The molecule has 9 heteroatoms. The Labute approximate surface area is 224 Å². The summed E-state index contributed by atoms with van der Waals surface area (Å²) in [5, 5.41) is 0. The van der Waals surface area contributed by atoms with Crippen molar-refractivity contribution in [1.82, 2.24) is 14.6 Å². The van der Waals surface area contributed by atoms with Crippen LogP contribution < -0.4 is 14.4 Å². The number of piperidine rings is 2. The van der Waals surface area contributed by atoms with Crippen molar-refractivity contribution in [2.24, 2.45) is 0 Å². The molecule has 0 unspecified atom stereocenters. The number of pyridine rings is 1. The highest BCUT2D eigenvalue weighted by Crippen LogP contribution is 2.24. The molecule has 0 radical (unpaired) electrons. The molecule has 0 aliphatic carbocycles. The molecule has 202 valence electrons. The minimum atomic E-state index is -3.67. The van der Waals surface area contributed by atoms with E-state index in [1.807, 2.05) is 0 Å². The summed E-state index contributed by atoms with van der Waals surface area (Å²) in [6, 6.07) is 18.2. The topological polar surface area (TPSA) is 74.8 Å². The van der Waals surface area contributed by atoms with Crippen LogP contribution in [-0.4, -0.2) is 56.6 Å². The molecule has 2 fully saturated rings. The highest BCUT2D eigenvalue weighted by molar-refractivity contribution is 7.89. The Hall–Kier alpha value is -3.01. The average molecular weight is 539 g/mol. The molecule has 0 spiro atoms. The van der Waals surface area contributed by atoms with Gasteiger partial charge in [0.05, 0.1) is 6.20 Å². The van der Waals surface area contributed by atoms with Gasteiger partial charge in [0.25, 0.3) is 0 Å². The van der Waals surface area contributed by atoms with Gasteiger partial charge in [-0.1, -0.05) is 29.8 Å². The molecule has 5 rings (SSSR count). The number of anilines is 1. The van der Waals surface area contributed by atoms with Crippen molar-refractivity contribution < 1.29 is 17.5 Å². The zero-order valence-electron chi connectivity index (χ0n) is 21.7. The fourth-order valence-corrected chi connectivity index (χ4v) is 6.35. The van der Waals surface area contributed by atoms with E-state index in [1.54, 1.807) is 24.3 Å². The lowest BCUT2D eigenvalue weighted by molar-refractivity contribution is 0.164. The number of aromatic nitrogens is 1. The van der Waals surface area contributed by atoms with Gasteiger partial charge in [-0.25, -0.2) is 22.5 Å². The Bertz CT molecular complexity index is 1290. The third-order valence-corrected chi connectivity index (χ3v) is 8.88. The van der Waals surface area contributed by atoms with E-state index in [9.17, 15) is 12.8 Å².